The van der Waals surface area contributed by atoms with E-state index in [0.29, 0.717) is 5.95 Å². The highest BCUT2D eigenvalue weighted by molar-refractivity contribution is 5.40. The monoisotopic (exact) mass is 388 g/mol. The zero-order chi connectivity index (χ0) is 19.4. The van der Waals surface area contributed by atoms with Gasteiger partial charge in [0.05, 0.1) is 0 Å². The van der Waals surface area contributed by atoms with Crippen molar-refractivity contribution in [3.05, 3.63) is 12.3 Å². The van der Waals surface area contributed by atoms with E-state index in [9.17, 15) is 0 Å². The van der Waals surface area contributed by atoms with Gasteiger partial charge >= 0.3 is 0 Å². The lowest BCUT2D eigenvalue weighted by atomic mass is 10.1. The van der Waals surface area contributed by atoms with Gasteiger partial charge in [-0.1, -0.05) is 12.8 Å². The van der Waals surface area contributed by atoms with Gasteiger partial charge in [0.25, 0.3) is 0 Å². The number of nitrogens with zero attached hydrogens (tertiary/aromatic N) is 5. The minimum atomic E-state index is 0.379. The number of nitrogens with two attached hydrogens (primary N) is 1. The fraction of sp³-hybridized carbons (Fsp3) is 0.818. The third kappa shape index (κ3) is 7.55. The second kappa shape index (κ2) is 12.2. The quantitative estimate of drug-likeness (QED) is 0.586. The predicted molar refractivity (Wildman–Crippen MR) is 118 cm³/mol. The number of piperidine rings is 2. The molecule has 2 N–H and O–H groups in total. The standard InChI is InChI=1S/C22H40N6/c23-22-24-12-11-21(25-22)28(19-9-7-17-26-13-3-1-4-14-26)20-10-8-18-27-15-5-2-6-16-27/h11-12H,1-10,13-20H2,(H2,23,24,25). The van der Waals surface area contributed by atoms with Crippen molar-refractivity contribution in [2.75, 3.05) is 63.0 Å². The zero-order valence-corrected chi connectivity index (χ0v) is 17.7. The Labute approximate surface area is 171 Å². The molecule has 3 heterocycles. The summed E-state index contributed by atoms with van der Waals surface area (Å²) in [5.41, 5.74) is 5.84. The lowest BCUT2D eigenvalue weighted by molar-refractivity contribution is 0.224. The van der Waals surface area contributed by atoms with Crippen molar-refractivity contribution in [2.45, 2.75) is 64.2 Å². The lowest BCUT2D eigenvalue weighted by Gasteiger charge is -2.28. The van der Waals surface area contributed by atoms with Gasteiger partial charge in [0.1, 0.15) is 5.82 Å². The Morgan fingerprint density at radius 3 is 1.82 bits per heavy atom. The van der Waals surface area contributed by atoms with Crippen LogP contribution in [0.4, 0.5) is 11.8 Å². The molecule has 3 rings (SSSR count). The fourth-order valence-corrected chi connectivity index (χ4v) is 4.52. The van der Waals surface area contributed by atoms with Crippen LogP contribution in [0.25, 0.3) is 0 Å². The normalized spacial score (nSPS) is 19.0. The van der Waals surface area contributed by atoms with Crippen LogP contribution in [0.15, 0.2) is 12.3 Å². The minimum absolute atomic E-state index is 0.379. The fourth-order valence-electron chi connectivity index (χ4n) is 4.52. The molecule has 0 unspecified atom stereocenters. The van der Waals surface area contributed by atoms with Crippen molar-refractivity contribution in [3.8, 4) is 0 Å². The van der Waals surface area contributed by atoms with Crippen molar-refractivity contribution in [2.24, 2.45) is 0 Å². The SMILES string of the molecule is Nc1nccc(N(CCCCN2CCCCC2)CCCCN2CCCCC2)n1. The molecule has 158 valence electrons. The third-order valence-electron chi connectivity index (χ3n) is 6.19. The first-order valence-electron chi connectivity index (χ1n) is 11.6. The predicted octanol–water partition coefficient (Wildman–Crippen LogP) is 3.40. The van der Waals surface area contributed by atoms with Gasteiger partial charge in [-0.2, -0.15) is 4.98 Å². The molecule has 6 heteroatoms. The van der Waals surface area contributed by atoms with Gasteiger partial charge in [0, 0.05) is 19.3 Å². The number of aromatic nitrogens is 2. The average molecular weight is 389 g/mol. The second-order valence-corrected chi connectivity index (χ2v) is 8.48. The Balaban J connectivity index is 1.40. The summed E-state index contributed by atoms with van der Waals surface area (Å²) in [5, 5.41) is 0. The van der Waals surface area contributed by atoms with Crippen LogP contribution in [0.1, 0.15) is 64.2 Å². The molecule has 2 saturated heterocycles. The van der Waals surface area contributed by atoms with Gasteiger partial charge < -0.3 is 20.4 Å². The Morgan fingerprint density at radius 2 is 1.32 bits per heavy atom. The van der Waals surface area contributed by atoms with E-state index in [4.69, 9.17) is 5.73 Å². The summed E-state index contributed by atoms with van der Waals surface area (Å²) in [6.45, 7) is 9.79. The molecule has 28 heavy (non-hydrogen) atoms. The topological polar surface area (TPSA) is 61.5 Å². The number of hydrogen-bond acceptors (Lipinski definition) is 6. The van der Waals surface area contributed by atoms with Crippen LogP contribution in [0.2, 0.25) is 0 Å². The molecule has 0 aliphatic carbocycles. The Bertz CT molecular complexity index is 514. The van der Waals surface area contributed by atoms with Crippen LogP contribution in [-0.2, 0) is 0 Å². The number of rotatable bonds is 11. The Kier molecular flexibility index (Phi) is 9.30. The molecule has 0 atom stereocenters. The molecule has 0 radical (unpaired) electrons. The van der Waals surface area contributed by atoms with E-state index in [1.54, 1.807) is 6.20 Å². The molecule has 0 amide bonds. The molecule has 1 aromatic rings. The highest BCUT2D eigenvalue weighted by atomic mass is 15.2. The Hall–Kier alpha value is -1.40. The van der Waals surface area contributed by atoms with E-state index in [2.05, 4.69) is 24.7 Å². The maximum absolute atomic E-state index is 5.84. The third-order valence-corrected chi connectivity index (χ3v) is 6.19. The number of likely N-dealkylation sites (tertiary alicyclic amines) is 2. The maximum atomic E-state index is 5.84. The number of unbranched alkanes of at least 4 members (excludes halogenated alkanes) is 2. The van der Waals surface area contributed by atoms with E-state index < -0.39 is 0 Å². The molecule has 1 aromatic heterocycles. The molecule has 0 bridgehead atoms. The zero-order valence-electron chi connectivity index (χ0n) is 17.7. The summed E-state index contributed by atoms with van der Waals surface area (Å²) in [5.74, 6) is 1.37. The van der Waals surface area contributed by atoms with E-state index in [1.165, 1.54) is 103 Å². The largest absolute Gasteiger partial charge is 0.368 e. The van der Waals surface area contributed by atoms with Crippen molar-refractivity contribution in [1.29, 1.82) is 0 Å². The van der Waals surface area contributed by atoms with E-state index in [-0.39, 0.29) is 0 Å². The van der Waals surface area contributed by atoms with Crippen molar-refractivity contribution >= 4 is 11.8 Å². The summed E-state index contributed by atoms with van der Waals surface area (Å²) in [4.78, 5) is 16.2. The summed E-state index contributed by atoms with van der Waals surface area (Å²) in [6, 6.07) is 2.01. The first kappa shape index (κ1) is 21.3. The van der Waals surface area contributed by atoms with Crippen LogP contribution >= 0.6 is 0 Å². The van der Waals surface area contributed by atoms with Gasteiger partial charge in [-0.25, -0.2) is 4.98 Å². The van der Waals surface area contributed by atoms with Crippen LogP contribution in [0.5, 0.6) is 0 Å². The molecule has 0 saturated carbocycles. The summed E-state index contributed by atoms with van der Waals surface area (Å²) in [7, 11) is 0. The van der Waals surface area contributed by atoms with Gasteiger partial charge in [0.2, 0.25) is 5.95 Å². The number of anilines is 2. The van der Waals surface area contributed by atoms with Gasteiger partial charge in [-0.3, -0.25) is 0 Å². The molecular formula is C22H40N6. The van der Waals surface area contributed by atoms with Crippen LogP contribution < -0.4 is 10.6 Å². The first-order chi connectivity index (χ1) is 13.8. The number of nitrogen functional groups attached to an aromatic ring is 1. The molecule has 6 nitrogen and oxygen atoms in total. The average Bonchev–Trinajstić information content (AvgIpc) is 2.74. The lowest BCUT2D eigenvalue weighted by Crippen LogP contribution is -2.32. The molecule has 2 aliphatic rings. The van der Waals surface area contributed by atoms with Gasteiger partial charge in [-0.15, -0.1) is 0 Å². The smallest absolute Gasteiger partial charge is 0.221 e. The van der Waals surface area contributed by atoms with E-state index in [1.807, 2.05) is 6.07 Å². The highest BCUT2D eigenvalue weighted by Crippen LogP contribution is 2.15. The summed E-state index contributed by atoms with van der Waals surface area (Å²) < 4.78 is 0. The number of hydrogen-bond donors (Lipinski definition) is 1. The van der Waals surface area contributed by atoms with E-state index in [0.717, 1.165) is 18.9 Å². The van der Waals surface area contributed by atoms with Crippen LogP contribution in [0.3, 0.4) is 0 Å². The highest BCUT2D eigenvalue weighted by Gasteiger charge is 2.13. The molecule has 0 spiro atoms. The van der Waals surface area contributed by atoms with Crippen molar-refractivity contribution in [3.63, 3.8) is 0 Å². The summed E-state index contributed by atoms with van der Waals surface area (Å²) >= 11 is 0. The summed E-state index contributed by atoms with van der Waals surface area (Å²) in [6.07, 6.45) is 15.1. The molecular weight excluding hydrogens is 348 g/mol. The minimum Gasteiger partial charge on any atom is -0.368 e. The maximum Gasteiger partial charge on any atom is 0.221 e. The van der Waals surface area contributed by atoms with Crippen molar-refractivity contribution in [1.82, 2.24) is 19.8 Å². The molecule has 2 fully saturated rings. The second-order valence-electron chi connectivity index (χ2n) is 8.48. The Morgan fingerprint density at radius 1 is 0.786 bits per heavy atom. The van der Waals surface area contributed by atoms with Crippen molar-refractivity contribution < 1.29 is 0 Å². The van der Waals surface area contributed by atoms with Gasteiger partial charge in [0.15, 0.2) is 0 Å². The molecule has 0 aromatic carbocycles. The van der Waals surface area contributed by atoms with E-state index >= 15 is 0 Å². The molecule has 2 aliphatic heterocycles. The van der Waals surface area contributed by atoms with Gasteiger partial charge in [-0.05, 0) is 96.7 Å². The first-order valence-corrected chi connectivity index (χ1v) is 11.6. The van der Waals surface area contributed by atoms with Crippen LogP contribution in [-0.4, -0.2) is 72.1 Å². The van der Waals surface area contributed by atoms with Crippen LogP contribution in [0, 0.1) is 0 Å².